The van der Waals surface area contributed by atoms with Crippen molar-refractivity contribution in [3.8, 4) is 39.3 Å². The van der Waals surface area contributed by atoms with Gasteiger partial charge >= 0.3 is 29.8 Å². The molecule has 0 saturated heterocycles. The molecule has 0 aliphatic heterocycles. The first-order chi connectivity index (χ1) is 32.7. The van der Waals surface area contributed by atoms with Crippen LogP contribution in [0, 0.1) is 0 Å². The molecule has 0 aliphatic rings. The zero-order chi connectivity index (χ0) is 48.6. The van der Waals surface area contributed by atoms with E-state index in [9.17, 15) is 28.8 Å². The third-order valence-electron chi connectivity index (χ3n) is 9.64. The first kappa shape index (κ1) is 49.1. The Hall–Kier alpha value is -8.32. The number of nitrogens with one attached hydrogen (secondary N) is 1. The van der Waals surface area contributed by atoms with Gasteiger partial charge in [-0.05, 0) is 28.8 Å². The summed E-state index contributed by atoms with van der Waals surface area (Å²) in [5.74, 6) is -5.01. The van der Waals surface area contributed by atoms with E-state index in [2.05, 4.69) is 20.7 Å². The van der Waals surface area contributed by atoms with E-state index in [1.54, 1.807) is 15.5 Å². The Balaban J connectivity index is 1.30. The first-order valence-electron chi connectivity index (χ1n) is 21.0. The van der Waals surface area contributed by atoms with Crippen molar-refractivity contribution < 1.29 is 52.5 Å². The zero-order valence-electron chi connectivity index (χ0n) is 37.6. The summed E-state index contributed by atoms with van der Waals surface area (Å²) in [7, 11) is 0. The number of carbonyl (C=O) groups is 6. The number of hydrogen-bond acceptors (Lipinski definition) is 16. The van der Waals surface area contributed by atoms with Crippen LogP contribution in [0.25, 0.3) is 39.3 Å². The summed E-state index contributed by atoms with van der Waals surface area (Å²) in [4.78, 5) is 74.9. The Bertz CT molecular complexity index is 2840. The van der Waals surface area contributed by atoms with Crippen LogP contribution < -0.4 is 10.2 Å². The number of rotatable bonds is 19. The molecule has 4 atom stereocenters. The van der Waals surface area contributed by atoms with Crippen molar-refractivity contribution in [2.75, 3.05) is 6.61 Å². The van der Waals surface area contributed by atoms with E-state index in [1.807, 2.05) is 127 Å². The fourth-order valence-corrected chi connectivity index (χ4v) is 7.68. The molecule has 0 fully saturated rings. The van der Waals surface area contributed by atoms with E-state index in [-0.39, 0.29) is 6.54 Å². The van der Waals surface area contributed by atoms with Gasteiger partial charge in [0.15, 0.2) is 24.4 Å². The maximum absolute atomic E-state index is 13.7. The van der Waals surface area contributed by atoms with Crippen LogP contribution in [0.2, 0.25) is 0 Å². The van der Waals surface area contributed by atoms with Crippen molar-refractivity contribution in [3.05, 3.63) is 137 Å². The third-order valence-corrected chi connectivity index (χ3v) is 10.5. The van der Waals surface area contributed by atoms with E-state index >= 15 is 0 Å². The molecule has 0 radical (unpaired) electrons. The average Bonchev–Trinajstić information content (AvgIpc) is 3.93. The number of hydrogen-bond donors (Lipinski definition) is 1. The molecule has 6 rings (SSSR count). The van der Waals surface area contributed by atoms with Gasteiger partial charge in [-0.2, -0.15) is 15.3 Å². The number of benzene rings is 4. The molecule has 1 amide bonds. The van der Waals surface area contributed by atoms with Gasteiger partial charge in [-0.1, -0.05) is 103 Å². The number of hydrazone groups is 1. The van der Waals surface area contributed by atoms with Gasteiger partial charge in [0, 0.05) is 57.3 Å². The van der Waals surface area contributed by atoms with Crippen molar-refractivity contribution in [1.29, 1.82) is 0 Å². The van der Waals surface area contributed by atoms with E-state index in [1.165, 1.54) is 11.3 Å². The van der Waals surface area contributed by atoms with Crippen molar-refractivity contribution >= 4 is 59.5 Å². The molecular weight excluding hydrogens is 895 g/mol. The quantitative estimate of drug-likeness (QED) is 0.0424. The second kappa shape index (κ2) is 23.7. The fraction of sp³-hybridized carbons (Fsp3) is 0.224. The summed E-state index contributed by atoms with van der Waals surface area (Å²) < 4.78 is 30.0. The second-order valence-corrected chi connectivity index (χ2v) is 15.7. The van der Waals surface area contributed by atoms with Gasteiger partial charge in [-0.15, -0.1) is 16.4 Å². The summed E-state index contributed by atoms with van der Waals surface area (Å²) >= 11 is 1.24. The summed E-state index contributed by atoms with van der Waals surface area (Å²) in [6.45, 7) is 4.31. The van der Waals surface area contributed by atoms with Gasteiger partial charge in [0.25, 0.3) is 5.91 Å². The van der Waals surface area contributed by atoms with E-state index < -0.39 is 66.8 Å². The highest BCUT2D eigenvalue weighted by atomic mass is 32.1. The molecule has 4 unspecified atom stereocenters. The minimum atomic E-state index is -1.73. The second-order valence-electron chi connectivity index (χ2n) is 14.8. The molecule has 2 aromatic heterocycles. The van der Waals surface area contributed by atoms with Crippen LogP contribution in [-0.4, -0.2) is 93.6 Å². The van der Waals surface area contributed by atoms with Gasteiger partial charge < -0.3 is 28.3 Å². The summed E-state index contributed by atoms with van der Waals surface area (Å²) in [6.07, 6.45) is -2.22. The Kier molecular flexibility index (Phi) is 17.2. The van der Waals surface area contributed by atoms with Crippen molar-refractivity contribution in [3.63, 3.8) is 0 Å². The van der Waals surface area contributed by atoms with Crippen LogP contribution in [0.3, 0.4) is 0 Å². The molecule has 350 valence electrons. The lowest BCUT2D eigenvalue weighted by Gasteiger charge is -2.34. The molecule has 0 bridgehead atoms. The standard InChI is InChI=1S/C49H47N7O11S/c1-31(57)63-29-44(65-33(3)59)48(67-35(5)61)47(66-34(4)60)43(64-32(2)58)26-51-52-45(62)28-55-42(38-17-11-7-12-18-38)30-68-49(55)53-50-25-40-27-56(41-19-13-8-14-20-41)54-46(40)39-23-21-37(22-24-39)36-15-9-6-10-16-36/h6-27,30,43-44,47-48H,28-29H2,1-5H3,(H,52,62)/b50-25+,51-26+,53-49+. The monoisotopic (exact) mass is 941 g/mol. The Morgan fingerprint density at radius 2 is 1.22 bits per heavy atom. The third kappa shape index (κ3) is 13.8. The SMILES string of the molecule is CC(=O)OCC(OC(C)=O)C(OC(C)=O)C(OC(C)=O)C(/C=N/NC(=O)Cn1c(-c2ccccc2)cs/c1=N/N=C/c1cn(-c2ccccc2)nc1-c1ccc(-c2ccccc2)cc1)OC(C)=O. The zero-order valence-corrected chi connectivity index (χ0v) is 38.4. The number of carbonyl (C=O) groups excluding carboxylic acids is 6. The highest BCUT2D eigenvalue weighted by molar-refractivity contribution is 7.07. The predicted molar refractivity (Wildman–Crippen MR) is 251 cm³/mol. The van der Waals surface area contributed by atoms with Crippen LogP contribution in [0.15, 0.2) is 142 Å². The van der Waals surface area contributed by atoms with Crippen molar-refractivity contribution in [2.24, 2.45) is 15.3 Å². The minimum absolute atomic E-state index is 0.330. The predicted octanol–water partition coefficient (Wildman–Crippen LogP) is 6.06. The van der Waals surface area contributed by atoms with Gasteiger partial charge in [0.05, 0.1) is 23.8 Å². The number of amides is 1. The maximum atomic E-state index is 13.7. The average molecular weight is 942 g/mol. The van der Waals surface area contributed by atoms with Crippen molar-refractivity contribution in [1.82, 2.24) is 19.8 Å². The van der Waals surface area contributed by atoms with E-state index in [4.69, 9.17) is 28.8 Å². The molecule has 2 heterocycles. The molecule has 68 heavy (non-hydrogen) atoms. The van der Waals surface area contributed by atoms with Crippen LogP contribution in [0.1, 0.15) is 40.2 Å². The number of nitrogens with zero attached hydrogens (tertiary/aromatic N) is 6. The minimum Gasteiger partial charge on any atom is -0.462 e. The lowest BCUT2D eigenvalue weighted by molar-refractivity contribution is -0.197. The highest BCUT2D eigenvalue weighted by Gasteiger charge is 2.43. The molecule has 4 aromatic carbocycles. The summed E-state index contributed by atoms with van der Waals surface area (Å²) in [6, 6.07) is 37.1. The molecule has 1 N–H and O–H groups in total. The fourth-order valence-electron chi connectivity index (χ4n) is 6.82. The molecule has 19 heteroatoms. The molecular formula is C49H47N7O11S. The van der Waals surface area contributed by atoms with Gasteiger partial charge in [-0.3, -0.25) is 28.8 Å². The Morgan fingerprint density at radius 3 is 1.82 bits per heavy atom. The highest BCUT2D eigenvalue weighted by Crippen LogP contribution is 2.27. The smallest absolute Gasteiger partial charge is 0.303 e. The van der Waals surface area contributed by atoms with Gasteiger partial charge in [0.1, 0.15) is 18.8 Å². The van der Waals surface area contributed by atoms with Gasteiger partial charge in [-0.25, -0.2) is 10.1 Å². The number of aromatic nitrogens is 3. The summed E-state index contributed by atoms with van der Waals surface area (Å²) in [5, 5.41) is 19.8. The topological polar surface area (TPSA) is 220 Å². The largest absolute Gasteiger partial charge is 0.462 e. The molecule has 6 aromatic rings. The number of thiazole rings is 1. The molecule has 0 saturated carbocycles. The molecule has 18 nitrogen and oxygen atoms in total. The lowest BCUT2D eigenvalue weighted by atomic mass is 10.0. The number of para-hydroxylation sites is 1. The van der Waals surface area contributed by atoms with Crippen molar-refractivity contribution in [2.45, 2.75) is 65.6 Å². The van der Waals surface area contributed by atoms with Crippen LogP contribution >= 0.6 is 11.3 Å². The van der Waals surface area contributed by atoms with Crippen LogP contribution in [0.5, 0.6) is 0 Å². The van der Waals surface area contributed by atoms with Gasteiger partial charge in [0.2, 0.25) is 4.80 Å². The van der Waals surface area contributed by atoms with E-state index in [0.717, 1.165) is 68.8 Å². The number of esters is 5. The normalized spacial score (nSPS) is 13.3. The maximum Gasteiger partial charge on any atom is 0.303 e. The Labute approximate surface area is 394 Å². The van der Waals surface area contributed by atoms with Crippen LogP contribution in [-0.2, 0) is 59.0 Å². The Morgan fingerprint density at radius 1 is 0.662 bits per heavy atom. The van der Waals surface area contributed by atoms with Crippen LogP contribution in [0.4, 0.5) is 0 Å². The number of ether oxygens (including phenoxy) is 5. The molecule has 0 spiro atoms. The lowest BCUT2D eigenvalue weighted by Crippen LogP contribution is -2.53. The first-order valence-corrected chi connectivity index (χ1v) is 21.9. The summed E-state index contributed by atoms with van der Waals surface area (Å²) in [5.41, 5.74) is 9.00. The molecule has 0 aliphatic carbocycles. The van der Waals surface area contributed by atoms with E-state index in [0.29, 0.717) is 21.8 Å².